The summed E-state index contributed by atoms with van der Waals surface area (Å²) in [7, 11) is 0. The first kappa shape index (κ1) is 32.6. The van der Waals surface area contributed by atoms with Crippen LogP contribution in [0.2, 0.25) is 0 Å². The van der Waals surface area contributed by atoms with Gasteiger partial charge in [0.15, 0.2) is 11.5 Å². The fraction of sp³-hybridized carbons (Fsp3) is 0.154. The van der Waals surface area contributed by atoms with E-state index in [4.69, 9.17) is 93.3 Å². The van der Waals surface area contributed by atoms with Crippen molar-refractivity contribution in [3.05, 3.63) is 72.1 Å². The monoisotopic (exact) mass is 708 g/mol. The van der Waals surface area contributed by atoms with Crippen molar-refractivity contribution in [3.8, 4) is 11.5 Å². The van der Waals surface area contributed by atoms with Crippen LogP contribution in [0.3, 0.4) is 0 Å². The number of carbonyl (C=O) groups excluding carboxylic acids is 4. The molecule has 0 saturated heterocycles. The number of carbonyl (C=O) groups is 4. The Labute approximate surface area is 271 Å². The molecule has 0 N–H and O–H groups in total. The van der Waals surface area contributed by atoms with Gasteiger partial charge in [-0.15, -0.1) is 0 Å². The molecule has 2 aromatic heterocycles. The summed E-state index contributed by atoms with van der Waals surface area (Å²) < 4.78 is 21.2. The second kappa shape index (κ2) is 13.5. The van der Waals surface area contributed by atoms with Gasteiger partial charge >= 0.3 is 24.2 Å². The highest BCUT2D eigenvalue weighted by Crippen LogP contribution is 2.33. The maximum absolute atomic E-state index is 13.2. The van der Waals surface area contributed by atoms with E-state index in [-0.39, 0.29) is 11.0 Å². The lowest BCUT2D eigenvalue weighted by Crippen LogP contribution is -2.22. The lowest BCUT2D eigenvalue weighted by Gasteiger charge is -2.15. The van der Waals surface area contributed by atoms with Gasteiger partial charge in [-0.3, -0.25) is 9.97 Å². The van der Waals surface area contributed by atoms with Crippen molar-refractivity contribution in [2.75, 3.05) is 13.2 Å². The van der Waals surface area contributed by atoms with Gasteiger partial charge in [-0.05, 0) is 24.3 Å². The molecular formula is C26H14Cl6N2O9. The van der Waals surface area contributed by atoms with E-state index in [1.807, 2.05) is 0 Å². The van der Waals surface area contributed by atoms with Crippen LogP contribution >= 0.6 is 69.6 Å². The van der Waals surface area contributed by atoms with Crippen LogP contribution in [0.4, 0.5) is 9.59 Å². The topological polar surface area (TPSA) is 140 Å². The van der Waals surface area contributed by atoms with E-state index in [9.17, 15) is 19.2 Å². The SMILES string of the molecule is O=C(OCC(Cl)(Cl)Cl)Oc1c(C(=O)OC(=O)c2ccc3cccnc3c2OC(=O)OCC(Cl)(Cl)Cl)ccc2cccnc12. The highest BCUT2D eigenvalue weighted by molar-refractivity contribution is 6.68. The zero-order valence-electron chi connectivity index (χ0n) is 21.0. The van der Waals surface area contributed by atoms with Crippen LogP contribution < -0.4 is 9.47 Å². The van der Waals surface area contributed by atoms with E-state index < -0.39 is 67.7 Å². The van der Waals surface area contributed by atoms with E-state index >= 15 is 0 Å². The van der Waals surface area contributed by atoms with Gasteiger partial charge in [-0.25, -0.2) is 19.2 Å². The number of hydrogen-bond acceptors (Lipinski definition) is 11. The maximum atomic E-state index is 13.2. The molecule has 0 spiro atoms. The molecule has 2 aromatic carbocycles. The lowest BCUT2D eigenvalue weighted by molar-refractivity contribution is 0.0394. The Balaban J connectivity index is 1.65. The van der Waals surface area contributed by atoms with Crippen molar-refractivity contribution >= 4 is 116 Å². The number of benzene rings is 2. The third-order valence-electron chi connectivity index (χ3n) is 5.16. The van der Waals surface area contributed by atoms with Gasteiger partial charge in [0.25, 0.3) is 0 Å². The molecule has 0 atom stereocenters. The van der Waals surface area contributed by atoms with Crippen LogP contribution in [0.5, 0.6) is 11.5 Å². The van der Waals surface area contributed by atoms with Crippen molar-refractivity contribution < 1.29 is 42.9 Å². The van der Waals surface area contributed by atoms with Crippen LogP contribution in [0.25, 0.3) is 21.8 Å². The van der Waals surface area contributed by atoms with Gasteiger partial charge in [0.05, 0.1) is 0 Å². The summed E-state index contributed by atoms with van der Waals surface area (Å²) in [5.41, 5.74) is -0.695. The van der Waals surface area contributed by atoms with Crippen LogP contribution in [-0.4, -0.2) is 55.0 Å². The number of nitrogens with zero attached hydrogens (tertiary/aromatic N) is 2. The van der Waals surface area contributed by atoms with Crippen LogP contribution in [0, 0.1) is 0 Å². The van der Waals surface area contributed by atoms with Crippen molar-refractivity contribution in [1.29, 1.82) is 0 Å². The number of esters is 2. The second-order valence-electron chi connectivity index (χ2n) is 8.22. The fourth-order valence-electron chi connectivity index (χ4n) is 3.47. The number of aromatic nitrogens is 2. The Morgan fingerprint density at radius 1 is 0.605 bits per heavy atom. The van der Waals surface area contributed by atoms with Crippen molar-refractivity contribution in [3.63, 3.8) is 0 Å². The molecule has 0 unspecified atom stereocenters. The molecule has 43 heavy (non-hydrogen) atoms. The molecular weight excluding hydrogens is 697 g/mol. The van der Waals surface area contributed by atoms with E-state index in [0.29, 0.717) is 10.8 Å². The second-order valence-corrected chi connectivity index (χ2v) is 13.3. The van der Waals surface area contributed by atoms with Gasteiger partial charge in [-0.2, -0.15) is 0 Å². The zero-order chi connectivity index (χ0) is 31.4. The number of fused-ring (bicyclic) bond motifs is 2. The van der Waals surface area contributed by atoms with E-state index in [0.717, 1.165) is 0 Å². The molecule has 17 heteroatoms. The number of hydrogen-bond donors (Lipinski definition) is 0. The molecule has 4 rings (SSSR count). The molecule has 4 aromatic rings. The van der Waals surface area contributed by atoms with Crippen LogP contribution in [0.15, 0.2) is 60.9 Å². The number of rotatable bonds is 6. The average molecular weight is 711 g/mol. The Kier molecular flexibility index (Phi) is 10.3. The van der Waals surface area contributed by atoms with Crippen molar-refractivity contribution in [2.24, 2.45) is 0 Å². The van der Waals surface area contributed by atoms with E-state index in [1.54, 1.807) is 24.3 Å². The predicted octanol–water partition coefficient (Wildman–Crippen LogP) is 7.55. The summed E-state index contributed by atoms with van der Waals surface area (Å²) in [6.45, 7) is -1.34. The first-order valence-corrected chi connectivity index (χ1v) is 13.8. The normalized spacial score (nSPS) is 11.6. The first-order valence-electron chi connectivity index (χ1n) is 11.6. The summed E-state index contributed by atoms with van der Waals surface area (Å²) in [4.78, 5) is 59.4. The maximum Gasteiger partial charge on any atom is 0.514 e. The largest absolute Gasteiger partial charge is 0.514 e. The summed E-state index contributed by atoms with van der Waals surface area (Å²) in [5.74, 6) is -3.35. The third-order valence-corrected chi connectivity index (χ3v) is 5.81. The zero-order valence-corrected chi connectivity index (χ0v) is 25.6. The third kappa shape index (κ3) is 8.85. The molecule has 0 amide bonds. The predicted molar refractivity (Wildman–Crippen MR) is 158 cm³/mol. The summed E-state index contributed by atoms with van der Waals surface area (Å²) >= 11 is 33.6. The molecule has 0 saturated carbocycles. The molecule has 0 fully saturated rings. The van der Waals surface area contributed by atoms with Gasteiger partial charge in [0, 0.05) is 23.2 Å². The fourth-order valence-corrected chi connectivity index (χ4v) is 3.79. The summed E-state index contributed by atoms with van der Waals surface area (Å²) in [5, 5.41) is 0.915. The minimum absolute atomic E-state index is 0.0471. The Morgan fingerprint density at radius 3 is 1.37 bits per heavy atom. The van der Waals surface area contributed by atoms with E-state index in [1.165, 1.54) is 36.7 Å². The van der Waals surface area contributed by atoms with Crippen molar-refractivity contribution in [1.82, 2.24) is 9.97 Å². The van der Waals surface area contributed by atoms with Gasteiger partial charge < -0.3 is 23.7 Å². The van der Waals surface area contributed by atoms with Crippen LogP contribution in [0.1, 0.15) is 20.7 Å². The minimum atomic E-state index is -1.94. The number of ether oxygens (including phenoxy) is 5. The molecule has 0 bridgehead atoms. The first-order chi connectivity index (χ1) is 20.2. The Hall–Kier alpha value is -3.32. The molecule has 11 nitrogen and oxygen atoms in total. The van der Waals surface area contributed by atoms with E-state index in [2.05, 4.69) is 9.97 Å². The quantitative estimate of drug-likeness (QED) is 0.0644. The Morgan fingerprint density at radius 2 is 1.00 bits per heavy atom. The minimum Gasteiger partial charge on any atom is -0.429 e. The Bertz CT molecular complexity index is 1600. The number of halogens is 6. The van der Waals surface area contributed by atoms with Crippen molar-refractivity contribution in [2.45, 2.75) is 7.59 Å². The van der Waals surface area contributed by atoms with Gasteiger partial charge in [0.1, 0.15) is 35.4 Å². The smallest absolute Gasteiger partial charge is 0.429 e. The average Bonchev–Trinajstić information content (AvgIpc) is 2.94. The number of pyridine rings is 2. The molecule has 0 aliphatic carbocycles. The lowest BCUT2D eigenvalue weighted by atomic mass is 10.1. The molecule has 0 aliphatic heterocycles. The molecule has 224 valence electrons. The molecule has 0 aliphatic rings. The van der Waals surface area contributed by atoms with Crippen LogP contribution in [-0.2, 0) is 14.2 Å². The summed E-state index contributed by atoms with van der Waals surface area (Å²) in [6, 6.07) is 11.8. The highest BCUT2D eigenvalue weighted by atomic mass is 35.6. The molecule has 0 radical (unpaired) electrons. The van der Waals surface area contributed by atoms with Gasteiger partial charge in [-0.1, -0.05) is 93.9 Å². The van der Waals surface area contributed by atoms with Gasteiger partial charge in [0.2, 0.25) is 7.59 Å². The highest BCUT2D eigenvalue weighted by Gasteiger charge is 2.29. The molecule has 2 heterocycles. The standard InChI is InChI=1S/C26H14Cl6N2O9/c27-25(28,29)11-39-23(37)41-19-15(7-5-13-3-1-9-33-17(13)19)21(35)43-22(36)16-8-6-14-4-2-10-34-18(14)20(16)42-24(38)40-12-26(30,31)32/h1-10H,11-12H2. The number of alkyl halides is 6. The summed E-state index contributed by atoms with van der Waals surface area (Å²) in [6.07, 6.45) is 0.0645.